The number of benzene rings is 5. The molecular formula is C46H50BrCl2NO7Si. The molecule has 12 heteroatoms. The second-order valence-electron chi connectivity index (χ2n) is 15.9. The van der Waals surface area contributed by atoms with Gasteiger partial charge in [-0.25, -0.2) is 9.59 Å². The summed E-state index contributed by atoms with van der Waals surface area (Å²) in [6.45, 7) is 12.5. The van der Waals surface area contributed by atoms with Crippen molar-refractivity contribution < 1.29 is 33.0 Å². The van der Waals surface area contributed by atoms with Crippen LogP contribution in [0.25, 0.3) is 0 Å². The number of methoxy groups -OCH3 is 1. The van der Waals surface area contributed by atoms with Crippen LogP contribution < -0.4 is 25.2 Å². The minimum absolute atomic E-state index is 0.162. The summed E-state index contributed by atoms with van der Waals surface area (Å²) in [5.41, 5.74) is 1.80. The van der Waals surface area contributed by atoms with Gasteiger partial charge in [0.25, 0.3) is 8.32 Å². The molecule has 0 aromatic heterocycles. The predicted molar refractivity (Wildman–Crippen MR) is 237 cm³/mol. The summed E-state index contributed by atoms with van der Waals surface area (Å²) >= 11 is 16.1. The molecule has 0 aliphatic rings. The first-order valence-corrected chi connectivity index (χ1v) is 22.4. The minimum atomic E-state index is -2.94. The lowest BCUT2D eigenvalue weighted by Crippen LogP contribution is -2.66. The van der Waals surface area contributed by atoms with E-state index in [0.717, 1.165) is 27.1 Å². The molecule has 0 bridgehead atoms. The summed E-state index contributed by atoms with van der Waals surface area (Å²) in [7, 11) is -1.66. The lowest BCUT2D eigenvalue weighted by molar-refractivity contribution is -0.143. The zero-order chi connectivity index (χ0) is 42.1. The van der Waals surface area contributed by atoms with Gasteiger partial charge in [-0.3, -0.25) is 0 Å². The van der Waals surface area contributed by atoms with Gasteiger partial charge < -0.3 is 28.7 Å². The molecule has 0 aliphatic carbocycles. The number of nitrogens with one attached hydrogen (secondary N) is 1. The third-order valence-electron chi connectivity index (χ3n) is 9.39. The molecule has 1 amide bonds. The van der Waals surface area contributed by atoms with Gasteiger partial charge in [0.15, 0.2) is 0 Å². The van der Waals surface area contributed by atoms with Crippen molar-refractivity contribution in [1.82, 2.24) is 5.32 Å². The first-order chi connectivity index (χ1) is 27.5. The van der Waals surface area contributed by atoms with Crippen molar-refractivity contribution in [3.05, 3.63) is 153 Å². The number of hydrogen-bond donors (Lipinski definition) is 1. The van der Waals surface area contributed by atoms with Gasteiger partial charge >= 0.3 is 12.1 Å². The van der Waals surface area contributed by atoms with Crippen molar-refractivity contribution in [3.63, 3.8) is 0 Å². The number of rotatable bonds is 15. The van der Waals surface area contributed by atoms with Gasteiger partial charge in [-0.05, 0) is 105 Å². The van der Waals surface area contributed by atoms with E-state index >= 15 is 0 Å². The van der Waals surface area contributed by atoms with Gasteiger partial charge in [0.1, 0.15) is 35.9 Å². The standard InChI is InChI=1S/C46H50BrCl2NO7Si/c1-45(2,3)57-44(52)50-40(43(51)53-7)28-31-19-25-41(37(47)26-31)56-42(33-20-22-34(23-21-33)54-29-32-18-24-38(48)39(49)27-32)30-55-58(46(4,5)6,35-14-10-8-11-15-35)36-16-12-9-13-17-36/h8-27,40,42H,28-30H2,1-7H3,(H,50,52)/t40?,42-/m1/s1. The van der Waals surface area contributed by atoms with Gasteiger partial charge in [0.05, 0.1) is 28.2 Å². The molecule has 1 N–H and O–H groups in total. The van der Waals surface area contributed by atoms with E-state index in [2.05, 4.69) is 90.5 Å². The highest BCUT2D eigenvalue weighted by Crippen LogP contribution is 2.39. The van der Waals surface area contributed by atoms with Gasteiger partial charge in [-0.2, -0.15) is 0 Å². The Labute approximate surface area is 361 Å². The van der Waals surface area contributed by atoms with E-state index < -0.39 is 38.1 Å². The monoisotopic (exact) mass is 905 g/mol. The third kappa shape index (κ3) is 11.7. The lowest BCUT2D eigenvalue weighted by atomic mass is 10.1. The molecule has 0 fully saturated rings. The highest BCUT2D eigenvalue weighted by Gasteiger charge is 2.50. The van der Waals surface area contributed by atoms with Crippen molar-refractivity contribution in [1.29, 1.82) is 0 Å². The zero-order valence-corrected chi connectivity index (χ0v) is 37.9. The van der Waals surface area contributed by atoms with Crippen LogP contribution in [0.15, 0.2) is 126 Å². The topological polar surface area (TPSA) is 92.3 Å². The molecule has 1 unspecified atom stereocenters. The number of amides is 1. The van der Waals surface area contributed by atoms with Crippen molar-refractivity contribution in [2.75, 3.05) is 13.7 Å². The summed E-state index contributed by atoms with van der Waals surface area (Å²) in [5.74, 6) is 0.647. The molecule has 0 spiro atoms. The van der Waals surface area contributed by atoms with Crippen LogP contribution in [0.5, 0.6) is 11.5 Å². The molecule has 0 radical (unpaired) electrons. The minimum Gasteiger partial charge on any atom is -0.489 e. The van der Waals surface area contributed by atoms with E-state index in [-0.39, 0.29) is 18.1 Å². The van der Waals surface area contributed by atoms with Crippen LogP contribution in [0.2, 0.25) is 15.1 Å². The predicted octanol–water partition coefficient (Wildman–Crippen LogP) is 10.6. The van der Waals surface area contributed by atoms with E-state index in [1.54, 1.807) is 32.9 Å². The third-order valence-corrected chi connectivity index (χ3v) is 15.8. The first kappa shape index (κ1) is 44.8. The summed E-state index contributed by atoms with van der Waals surface area (Å²) in [6.07, 6.45) is -1.10. The molecule has 2 atom stereocenters. The largest absolute Gasteiger partial charge is 0.489 e. The Hall–Kier alpha value is -4.32. The van der Waals surface area contributed by atoms with Gasteiger partial charge in [-0.1, -0.05) is 129 Å². The highest BCUT2D eigenvalue weighted by molar-refractivity contribution is 9.10. The normalized spacial score (nSPS) is 12.9. The van der Waals surface area contributed by atoms with Crippen molar-refractivity contribution in [2.45, 2.75) is 77.4 Å². The number of halogens is 3. The maximum atomic E-state index is 12.7. The van der Waals surface area contributed by atoms with Gasteiger partial charge in [-0.15, -0.1) is 0 Å². The van der Waals surface area contributed by atoms with Crippen LogP contribution in [0.3, 0.4) is 0 Å². The molecule has 5 rings (SSSR count). The van der Waals surface area contributed by atoms with Crippen LogP contribution in [0.4, 0.5) is 4.79 Å². The summed E-state index contributed by atoms with van der Waals surface area (Å²) in [6, 6.07) is 38.7. The Bertz CT molecular complexity index is 2100. The number of ether oxygens (including phenoxy) is 4. The smallest absolute Gasteiger partial charge is 0.408 e. The average Bonchev–Trinajstić information content (AvgIpc) is 3.18. The van der Waals surface area contributed by atoms with Crippen molar-refractivity contribution in [2.24, 2.45) is 0 Å². The van der Waals surface area contributed by atoms with Crippen LogP contribution in [-0.4, -0.2) is 45.7 Å². The molecular weight excluding hydrogens is 857 g/mol. The fourth-order valence-corrected chi connectivity index (χ4v) is 12.1. The van der Waals surface area contributed by atoms with E-state index in [1.807, 2.05) is 60.7 Å². The quantitative estimate of drug-likeness (QED) is 0.0826. The van der Waals surface area contributed by atoms with Crippen LogP contribution in [0.1, 0.15) is 64.3 Å². The molecule has 58 heavy (non-hydrogen) atoms. The molecule has 0 saturated heterocycles. The maximum absolute atomic E-state index is 12.7. The lowest BCUT2D eigenvalue weighted by Gasteiger charge is -2.43. The summed E-state index contributed by atoms with van der Waals surface area (Å²) in [5, 5.41) is 5.66. The van der Waals surface area contributed by atoms with E-state index in [4.69, 9.17) is 46.6 Å². The molecule has 5 aromatic carbocycles. The molecule has 0 aliphatic heterocycles. The number of carbonyl (C=O) groups is 2. The number of carbonyl (C=O) groups excluding carboxylic acids is 2. The van der Waals surface area contributed by atoms with E-state index in [0.29, 0.717) is 32.6 Å². The van der Waals surface area contributed by atoms with Crippen molar-refractivity contribution in [3.8, 4) is 11.5 Å². The Balaban J connectivity index is 1.46. The summed E-state index contributed by atoms with van der Waals surface area (Å²) < 4.78 is 31.4. The highest BCUT2D eigenvalue weighted by atomic mass is 79.9. The van der Waals surface area contributed by atoms with E-state index in [9.17, 15) is 9.59 Å². The number of esters is 1. The van der Waals surface area contributed by atoms with E-state index in [1.165, 1.54) is 7.11 Å². The second kappa shape index (κ2) is 19.6. The Morgan fingerprint density at radius 1 is 0.759 bits per heavy atom. The average molecular weight is 908 g/mol. The fourth-order valence-electron chi connectivity index (χ4n) is 6.68. The van der Waals surface area contributed by atoms with Gasteiger partial charge in [0, 0.05) is 6.42 Å². The Morgan fingerprint density at radius 2 is 1.36 bits per heavy atom. The van der Waals surface area contributed by atoms with Gasteiger partial charge in [0.2, 0.25) is 0 Å². The van der Waals surface area contributed by atoms with Crippen LogP contribution in [-0.2, 0) is 31.7 Å². The first-order valence-electron chi connectivity index (χ1n) is 18.9. The number of hydrogen-bond acceptors (Lipinski definition) is 7. The van der Waals surface area contributed by atoms with Crippen molar-refractivity contribution >= 4 is 69.9 Å². The zero-order valence-electron chi connectivity index (χ0n) is 33.8. The maximum Gasteiger partial charge on any atom is 0.408 e. The molecule has 5 aromatic rings. The Morgan fingerprint density at radius 3 is 1.90 bits per heavy atom. The molecule has 0 heterocycles. The Kier molecular flexibility index (Phi) is 15.1. The fraction of sp³-hybridized carbons (Fsp3) is 0.304. The summed E-state index contributed by atoms with van der Waals surface area (Å²) in [4.78, 5) is 25.3. The van der Waals surface area contributed by atoms with Crippen LogP contribution >= 0.6 is 39.1 Å². The second-order valence-corrected chi connectivity index (χ2v) is 21.9. The SMILES string of the molecule is COC(=O)C(Cc1ccc(O[C@H](CO[Si](c2ccccc2)(c2ccccc2)C(C)(C)C)c2ccc(OCc3ccc(Cl)c(Cl)c3)cc2)c(Br)c1)NC(=O)OC(C)(C)C. The van der Waals surface area contributed by atoms with Crippen LogP contribution in [0, 0.1) is 0 Å². The molecule has 306 valence electrons. The molecule has 0 saturated carbocycles. The number of alkyl carbamates (subject to hydrolysis) is 1. The molecule has 8 nitrogen and oxygen atoms in total.